The summed E-state index contributed by atoms with van der Waals surface area (Å²) >= 11 is 0. The molecule has 1 aliphatic rings. The Bertz CT molecular complexity index is 334. The van der Waals surface area contributed by atoms with Gasteiger partial charge in [-0.05, 0) is 31.1 Å². The van der Waals surface area contributed by atoms with E-state index in [0.717, 1.165) is 43.9 Å². The molecule has 2 N–H and O–H groups in total. The van der Waals surface area contributed by atoms with Crippen LogP contribution in [0.15, 0.2) is 4.99 Å². The molecular weight excluding hydrogens is 379 g/mol. The molecule has 6 heteroatoms. The smallest absolute Gasteiger partial charge is 0.239 e. The van der Waals surface area contributed by atoms with Gasteiger partial charge in [-0.25, -0.2) is 0 Å². The summed E-state index contributed by atoms with van der Waals surface area (Å²) in [6.07, 6.45) is 3.45. The molecule has 1 fully saturated rings. The molecule has 0 aromatic carbocycles. The molecule has 1 amide bonds. The highest BCUT2D eigenvalue weighted by molar-refractivity contribution is 14.0. The summed E-state index contributed by atoms with van der Waals surface area (Å²) in [4.78, 5) is 18.2. The second-order valence-corrected chi connectivity index (χ2v) is 5.98. The van der Waals surface area contributed by atoms with Crippen molar-refractivity contribution in [2.45, 2.75) is 40.0 Å². The lowest BCUT2D eigenvalue weighted by atomic mass is 9.97. The summed E-state index contributed by atoms with van der Waals surface area (Å²) in [5.74, 6) is 2.38. The van der Waals surface area contributed by atoms with Crippen molar-refractivity contribution in [2.24, 2.45) is 16.8 Å². The van der Waals surface area contributed by atoms with Crippen molar-refractivity contribution >= 4 is 35.8 Å². The average Bonchev–Trinajstić information content (AvgIpc) is 2.84. The highest BCUT2D eigenvalue weighted by Crippen LogP contribution is 2.23. The lowest BCUT2D eigenvalue weighted by Crippen LogP contribution is -2.44. The van der Waals surface area contributed by atoms with E-state index >= 15 is 0 Å². The zero-order valence-electron chi connectivity index (χ0n) is 13.8. The third-order valence-electron chi connectivity index (χ3n) is 3.58. The first-order valence-electron chi connectivity index (χ1n) is 7.79. The van der Waals surface area contributed by atoms with Crippen molar-refractivity contribution in [3.8, 4) is 0 Å². The largest absolute Gasteiger partial charge is 0.355 e. The molecular formula is C15H31IN4O. The zero-order chi connectivity index (χ0) is 15.0. The van der Waals surface area contributed by atoms with E-state index in [2.05, 4.69) is 34.4 Å². The van der Waals surface area contributed by atoms with Crippen molar-refractivity contribution in [1.29, 1.82) is 0 Å². The van der Waals surface area contributed by atoms with Gasteiger partial charge >= 0.3 is 0 Å². The molecule has 0 spiro atoms. The predicted octanol–water partition coefficient (Wildman–Crippen LogP) is 2.07. The van der Waals surface area contributed by atoms with Gasteiger partial charge in [-0.15, -0.1) is 24.0 Å². The summed E-state index contributed by atoms with van der Waals surface area (Å²) in [6.45, 7) is 9.71. The van der Waals surface area contributed by atoms with Crippen LogP contribution in [-0.4, -0.2) is 50.0 Å². The maximum atomic E-state index is 11.6. The van der Waals surface area contributed by atoms with Gasteiger partial charge in [-0.3, -0.25) is 9.79 Å². The number of carbonyl (C=O) groups excluding carboxylic acids is 1. The Morgan fingerprint density at radius 1 is 1.38 bits per heavy atom. The molecule has 124 valence electrons. The molecule has 0 aliphatic carbocycles. The number of aliphatic imine (C=N–C) groups is 1. The zero-order valence-corrected chi connectivity index (χ0v) is 16.1. The van der Waals surface area contributed by atoms with Gasteiger partial charge in [0.15, 0.2) is 5.96 Å². The molecule has 0 aromatic heterocycles. The van der Waals surface area contributed by atoms with Crippen molar-refractivity contribution in [1.82, 2.24) is 15.5 Å². The number of hydrogen-bond donors (Lipinski definition) is 2. The van der Waals surface area contributed by atoms with Gasteiger partial charge < -0.3 is 15.5 Å². The third-order valence-corrected chi connectivity index (χ3v) is 3.58. The minimum absolute atomic E-state index is 0. The number of nitrogens with zero attached hydrogens (tertiary/aromatic N) is 2. The molecule has 21 heavy (non-hydrogen) atoms. The fourth-order valence-electron chi connectivity index (χ4n) is 2.70. The standard InChI is InChI=1S/C15H30N4O.HI/c1-5-7-17-14(20)10-18-15(16-4)19-8-6-13(11-19)9-12(2)3;/h12-13H,5-11H2,1-4H3,(H,16,18)(H,17,20);1H. The number of likely N-dealkylation sites (tertiary alicyclic amines) is 1. The minimum Gasteiger partial charge on any atom is -0.355 e. The molecule has 0 bridgehead atoms. The quantitative estimate of drug-likeness (QED) is 0.401. The van der Waals surface area contributed by atoms with Crippen LogP contribution in [-0.2, 0) is 4.79 Å². The van der Waals surface area contributed by atoms with Crippen molar-refractivity contribution in [3.63, 3.8) is 0 Å². The van der Waals surface area contributed by atoms with Crippen LogP contribution in [0.3, 0.4) is 0 Å². The van der Waals surface area contributed by atoms with Gasteiger partial charge in [0.05, 0.1) is 6.54 Å². The van der Waals surface area contributed by atoms with E-state index in [-0.39, 0.29) is 29.9 Å². The average molecular weight is 410 g/mol. The highest BCUT2D eigenvalue weighted by atomic mass is 127. The van der Waals surface area contributed by atoms with Crippen LogP contribution in [0.5, 0.6) is 0 Å². The molecule has 1 aliphatic heterocycles. The first kappa shape index (κ1) is 20.5. The maximum absolute atomic E-state index is 11.6. The van der Waals surface area contributed by atoms with Gasteiger partial charge in [0.2, 0.25) is 5.91 Å². The molecule has 5 nitrogen and oxygen atoms in total. The van der Waals surface area contributed by atoms with Crippen molar-refractivity contribution in [2.75, 3.05) is 33.2 Å². The van der Waals surface area contributed by atoms with Crippen LogP contribution in [0.4, 0.5) is 0 Å². The Hall–Kier alpha value is -0.530. The fourth-order valence-corrected chi connectivity index (χ4v) is 2.70. The van der Waals surface area contributed by atoms with E-state index in [1.807, 2.05) is 6.92 Å². The van der Waals surface area contributed by atoms with E-state index in [0.29, 0.717) is 6.54 Å². The summed E-state index contributed by atoms with van der Waals surface area (Å²) in [7, 11) is 1.78. The maximum Gasteiger partial charge on any atom is 0.239 e. The normalized spacial score (nSPS) is 18.6. The third kappa shape index (κ3) is 7.87. The number of nitrogens with one attached hydrogen (secondary N) is 2. The van der Waals surface area contributed by atoms with Crippen LogP contribution in [0.2, 0.25) is 0 Å². The Balaban J connectivity index is 0.00000400. The van der Waals surface area contributed by atoms with Crippen molar-refractivity contribution in [3.05, 3.63) is 0 Å². The van der Waals surface area contributed by atoms with Gasteiger partial charge in [-0.2, -0.15) is 0 Å². The molecule has 0 saturated carbocycles. The summed E-state index contributed by atoms with van der Waals surface area (Å²) in [6, 6.07) is 0. The number of hydrogen-bond acceptors (Lipinski definition) is 2. The van der Waals surface area contributed by atoms with E-state index in [1.54, 1.807) is 7.05 Å². The Labute approximate surface area is 146 Å². The molecule has 1 rings (SSSR count). The highest BCUT2D eigenvalue weighted by Gasteiger charge is 2.25. The van der Waals surface area contributed by atoms with E-state index < -0.39 is 0 Å². The predicted molar refractivity (Wildman–Crippen MR) is 99.2 cm³/mol. The van der Waals surface area contributed by atoms with E-state index in [9.17, 15) is 4.79 Å². The molecule has 0 radical (unpaired) electrons. The molecule has 1 heterocycles. The molecule has 0 aromatic rings. The van der Waals surface area contributed by atoms with Crippen LogP contribution in [0.25, 0.3) is 0 Å². The van der Waals surface area contributed by atoms with Crippen LogP contribution in [0.1, 0.15) is 40.0 Å². The van der Waals surface area contributed by atoms with E-state index in [1.165, 1.54) is 12.8 Å². The monoisotopic (exact) mass is 410 g/mol. The lowest BCUT2D eigenvalue weighted by Gasteiger charge is -2.22. The second-order valence-electron chi connectivity index (χ2n) is 5.98. The molecule has 1 saturated heterocycles. The summed E-state index contributed by atoms with van der Waals surface area (Å²) < 4.78 is 0. The van der Waals surface area contributed by atoms with Crippen LogP contribution >= 0.6 is 24.0 Å². The topological polar surface area (TPSA) is 56.7 Å². The van der Waals surface area contributed by atoms with Crippen LogP contribution in [0, 0.1) is 11.8 Å². The van der Waals surface area contributed by atoms with Gasteiger partial charge in [0, 0.05) is 26.7 Å². The van der Waals surface area contributed by atoms with Gasteiger partial charge in [-0.1, -0.05) is 20.8 Å². The SMILES string of the molecule is CCCNC(=O)CNC(=NC)N1CCC(CC(C)C)C1.I. The molecule has 1 atom stereocenters. The fraction of sp³-hybridized carbons (Fsp3) is 0.867. The second kappa shape index (κ2) is 11.1. The Morgan fingerprint density at radius 2 is 2.10 bits per heavy atom. The summed E-state index contributed by atoms with van der Waals surface area (Å²) in [5.41, 5.74) is 0. The van der Waals surface area contributed by atoms with Crippen molar-refractivity contribution < 1.29 is 4.79 Å². The van der Waals surface area contributed by atoms with E-state index in [4.69, 9.17) is 0 Å². The minimum atomic E-state index is 0. The number of carbonyl (C=O) groups is 1. The van der Waals surface area contributed by atoms with Gasteiger partial charge in [0.25, 0.3) is 0 Å². The number of guanidine groups is 1. The Morgan fingerprint density at radius 3 is 2.67 bits per heavy atom. The molecule has 1 unspecified atom stereocenters. The first-order valence-corrected chi connectivity index (χ1v) is 7.79. The van der Waals surface area contributed by atoms with Gasteiger partial charge in [0.1, 0.15) is 0 Å². The number of rotatable bonds is 6. The number of amides is 1. The first-order chi connectivity index (χ1) is 9.56. The Kier molecular flexibility index (Phi) is 10.8. The summed E-state index contributed by atoms with van der Waals surface area (Å²) in [5, 5.41) is 6.02. The lowest BCUT2D eigenvalue weighted by molar-refractivity contribution is -0.120. The van der Waals surface area contributed by atoms with Crippen LogP contribution < -0.4 is 10.6 Å². The number of halogens is 1.